The molecule has 0 aromatic carbocycles. The van der Waals surface area contributed by atoms with Gasteiger partial charge in [0.15, 0.2) is 11.6 Å². The van der Waals surface area contributed by atoms with Crippen LogP contribution in [0.25, 0.3) is 0 Å². The number of aromatic nitrogens is 1. The predicted molar refractivity (Wildman–Crippen MR) is 76.2 cm³/mol. The maximum absolute atomic E-state index is 14.2. The topological polar surface area (TPSA) is 65.5 Å². The van der Waals surface area contributed by atoms with Crippen LogP contribution >= 0.6 is 0 Å². The Balaban J connectivity index is 2.93. The van der Waals surface area contributed by atoms with Crippen LogP contribution in [0.5, 0.6) is 0 Å². The van der Waals surface area contributed by atoms with Crippen LogP contribution in [0.3, 0.4) is 0 Å². The fourth-order valence-corrected chi connectivity index (χ4v) is 1.83. The van der Waals surface area contributed by atoms with Crippen LogP contribution < -0.4 is 5.32 Å². The van der Waals surface area contributed by atoms with E-state index in [1.165, 1.54) is 24.2 Å². The van der Waals surface area contributed by atoms with Crippen LogP contribution in [0.15, 0.2) is 12.3 Å². The van der Waals surface area contributed by atoms with Gasteiger partial charge in [0.25, 0.3) is 5.91 Å². The molecule has 5 nitrogen and oxygen atoms in total. The van der Waals surface area contributed by atoms with Gasteiger partial charge >= 0.3 is 0 Å². The number of amides is 1. The number of carbonyl (C=O) groups is 1. The van der Waals surface area contributed by atoms with E-state index >= 15 is 0 Å². The third-order valence-corrected chi connectivity index (χ3v) is 2.63. The van der Waals surface area contributed by atoms with Crippen LogP contribution in [0.2, 0.25) is 0 Å². The van der Waals surface area contributed by atoms with Gasteiger partial charge in [-0.2, -0.15) is 0 Å². The van der Waals surface area contributed by atoms with Gasteiger partial charge in [-0.15, -0.1) is 0 Å². The van der Waals surface area contributed by atoms with Crippen molar-refractivity contribution in [2.45, 2.75) is 32.8 Å². The molecule has 0 bridgehead atoms. The molecule has 1 aromatic rings. The summed E-state index contributed by atoms with van der Waals surface area (Å²) in [7, 11) is 1.53. The molecule has 0 spiro atoms. The summed E-state index contributed by atoms with van der Waals surface area (Å²) in [6, 6.07) is 1.34. The number of halogens is 1. The molecule has 0 atom stereocenters. The number of nitrogens with one attached hydrogen (secondary N) is 1. The maximum Gasteiger partial charge on any atom is 0.256 e. The van der Waals surface area contributed by atoms with E-state index in [0.717, 1.165) is 6.42 Å². The third-order valence-electron chi connectivity index (χ3n) is 2.63. The number of anilines is 1. The summed E-state index contributed by atoms with van der Waals surface area (Å²) in [5.74, 6) is -1.06. The Morgan fingerprint density at radius 2 is 2.20 bits per heavy atom. The zero-order valence-electron chi connectivity index (χ0n) is 12.4. The van der Waals surface area contributed by atoms with Crippen molar-refractivity contribution in [2.75, 3.05) is 25.5 Å². The minimum absolute atomic E-state index is 0.0506. The minimum atomic E-state index is -1.03. The highest BCUT2D eigenvalue weighted by molar-refractivity contribution is 5.95. The van der Waals surface area contributed by atoms with E-state index in [1.807, 2.05) is 6.92 Å². The van der Waals surface area contributed by atoms with Gasteiger partial charge in [0.1, 0.15) is 0 Å². The van der Waals surface area contributed by atoms with Gasteiger partial charge in [0.05, 0.1) is 11.2 Å². The Kier molecular flexibility index (Phi) is 5.44. The maximum atomic E-state index is 14.2. The third kappa shape index (κ3) is 4.45. The van der Waals surface area contributed by atoms with Gasteiger partial charge in [0, 0.05) is 26.3 Å². The Labute approximate surface area is 118 Å². The molecular weight excluding hydrogens is 261 g/mol. The van der Waals surface area contributed by atoms with Crippen LogP contribution in [-0.2, 0) is 0 Å². The SMILES string of the molecule is CCCNc1nccc(C(=O)N(C)CC(C)(C)O)c1F. The lowest BCUT2D eigenvalue weighted by Crippen LogP contribution is -2.40. The Hall–Kier alpha value is -1.69. The van der Waals surface area contributed by atoms with Crippen LogP contribution in [0, 0.1) is 5.82 Å². The van der Waals surface area contributed by atoms with Crippen molar-refractivity contribution in [3.05, 3.63) is 23.6 Å². The van der Waals surface area contributed by atoms with Gasteiger partial charge in [-0.05, 0) is 26.3 Å². The number of hydrogen-bond donors (Lipinski definition) is 2. The number of hydrogen-bond acceptors (Lipinski definition) is 4. The smallest absolute Gasteiger partial charge is 0.256 e. The second-order valence-electron chi connectivity index (χ2n) is 5.42. The lowest BCUT2D eigenvalue weighted by Gasteiger charge is -2.25. The largest absolute Gasteiger partial charge is 0.389 e. The van der Waals surface area contributed by atoms with Crippen molar-refractivity contribution in [2.24, 2.45) is 0 Å². The second-order valence-corrected chi connectivity index (χ2v) is 5.42. The first-order valence-corrected chi connectivity index (χ1v) is 6.62. The van der Waals surface area contributed by atoms with E-state index in [4.69, 9.17) is 0 Å². The number of pyridine rings is 1. The molecule has 0 unspecified atom stereocenters. The molecule has 20 heavy (non-hydrogen) atoms. The highest BCUT2D eigenvalue weighted by atomic mass is 19.1. The Bertz CT molecular complexity index is 472. The molecule has 1 heterocycles. The molecule has 112 valence electrons. The molecule has 0 saturated heterocycles. The van der Waals surface area contributed by atoms with Crippen LogP contribution in [0.4, 0.5) is 10.2 Å². The molecule has 6 heteroatoms. The average molecular weight is 283 g/mol. The number of rotatable bonds is 6. The van der Waals surface area contributed by atoms with Crippen molar-refractivity contribution in [3.63, 3.8) is 0 Å². The van der Waals surface area contributed by atoms with Crippen molar-refractivity contribution >= 4 is 11.7 Å². The van der Waals surface area contributed by atoms with Gasteiger partial charge < -0.3 is 15.3 Å². The van der Waals surface area contributed by atoms with E-state index < -0.39 is 17.3 Å². The molecule has 1 aromatic heterocycles. The van der Waals surface area contributed by atoms with Crippen molar-refractivity contribution in [1.82, 2.24) is 9.88 Å². The molecule has 0 radical (unpaired) electrons. The lowest BCUT2D eigenvalue weighted by molar-refractivity contribution is 0.0365. The molecule has 0 aliphatic heterocycles. The van der Waals surface area contributed by atoms with E-state index in [-0.39, 0.29) is 17.9 Å². The molecule has 1 rings (SSSR count). The first-order valence-electron chi connectivity index (χ1n) is 6.62. The molecule has 0 aliphatic carbocycles. The molecule has 2 N–H and O–H groups in total. The summed E-state index contributed by atoms with van der Waals surface area (Å²) in [5, 5.41) is 12.6. The lowest BCUT2D eigenvalue weighted by atomic mass is 10.1. The van der Waals surface area contributed by atoms with Crippen molar-refractivity contribution in [1.29, 1.82) is 0 Å². The molecule has 0 fully saturated rings. The van der Waals surface area contributed by atoms with E-state index in [0.29, 0.717) is 6.54 Å². The number of likely N-dealkylation sites (N-methyl/N-ethyl adjacent to an activating group) is 1. The zero-order valence-corrected chi connectivity index (χ0v) is 12.4. The minimum Gasteiger partial charge on any atom is -0.389 e. The highest BCUT2D eigenvalue weighted by Crippen LogP contribution is 2.17. The number of nitrogens with zero attached hydrogens (tertiary/aromatic N) is 2. The predicted octanol–water partition coefficient (Wildman–Crippen LogP) is 1.89. The fourth-order valence-electron chi connectivity index (χ4n) is 1.83. The molecular formula is C14H22FN3O2. The molecule has 0 saturated carbocycles. The highest BCUT2D eigenvalue weighted by Gasteiger charge is 2.23. The zero-order chi connectivity index (χ0) is 15.3. The summed E-state index contributed by atoms with van der Waals surface area (Å²) in [4.78, 5) is 17.4. The van der Waals surface area contributed by atoms with Gasteiger partial charge in [-0.25, -0.2) is 9.37 Å². The summed E-state index contributed by atoms with van der Waals surface area (Å²) >= 11 is 0. The summed E-state index contributed by atoms with van der Waals surface area (Å²) < 4.78 is 14.2. The van der Waals surface area contributed by atoms with E-state index in [1.54, 1.807) is 13.8 Å². The quantitative estimate of drug-likeness (QED) is 0.836. The standard InChI is InChI=1S/C14H22FN3O2/c1-5-7-16-12-11(15)10(6-8-17-12)13(19)18(4)9-14(2,3)20/h6,8,20H,5,7,9H2,1-4H3,(H,16,17). The normalized spacial score (nSPS) is 11.3. The van der Waals surface area contributed by atoms with Crippen LogP contribution in [0.1, 0.15) is 37.6 Å². The molecule has 1 amide bonds. The number of aliphatic hydroxyl groups is 1. The monoisotopic (exact) mass is 283 g/mol. The Morgan fingerprint density at radius 1 is 1.55 bits per heavy atom. The second kappa shape index (κ2) is 6.65. The van der Waals surface area contributed by atoms with Gasteiger partial charge in [-0.1, -0.05) is 6.92 Å². The first kappa shape index (κ1) is 16.4. The van der Waals surface area contributed by atoms with Gasteiger partial charge in [-0.3, -0.25) is 4.79 Å². The van der Waals surface area contributed by atoms with Gasteiger partial charge in [0.2, 0.25) is 0 Å². The average Bonchev–Trinajstić information content (AvgIpc) is 2.34. The van der Waals surface area contributed by atoms with Crippen molar-refractivity contribution in [3.8, 4) is 0 Å². The fraction of sp³-hybridized carbons (Fsp3) is 0.571. The van der Waals surface area contributed by atoms with E-state index in [2.05, 4.69) is 10.3 Å². The van der Waals surface area contributed by atoms with Crippen molar-refractivity contribution < 1.29 is 14.3 Å². The molecule has 0 aliphatic rings. The number of carbonyl (C=O) groups excluding carboxylic acids is 1. The summed E-state index contributed by atoms with van der Waals surface area (Å²) in [6.07, 6.45) is 2.23. The summed E-state index contributed by atoms with van der Waals surface area (Å²) in [6.45, 7) is 5.84. The van der Waals surface area contributed by atoms with Crippen LogP contribution in [-0.4, -0.2) is 46.6 Å². The first-order chi connectivity index (χ1) is 9.26. The van der Waals surface area contributed by atoms with E-state index in [9.17, 15) is 14.3 Å². The Morgan fingerprint density at radius 3 is 2.75 bits per heavy atom. The summed E-state index contributed by atoms with van der Waals surface area (Å²) in [5.41, 5.74) is -1.08.